The van der Waals surface area contributed by atoms with Crippen molar-refractivity contribution in [1.82, 2.24) is 4.90 Å². The quantitative estimate of drug-likeness (QED) is 0.589. The molecule has 0 aromatic carbocycles. The molecule has 1 atom stereocenters. The summed E-state index contributed by atoms with van der Waals surface area (Å²) < 4.78 is 36.5. The SMILES string of the molecule is CC1CCCCCN1C[B-](F)(F)F.[K+]. The van der Waals surface area contributed by atoms with Crippen molar-refractivity contribution in [3.8, 4) is 0 Å². The first-order valence-corrected chi connectivity index (χ1v) is 4.94. The summed E-state index contributed by atoms with van der Waals surface area (Å²) in [6.07, 6.45) is 3.29. The number of hydrogen-bond acceptors (Lipinski definition) is 1. The Morgan fingerprint density at radius 2 is 1.86 bits per heavy atom. The van der Waals surface area contributed by atoms with Gasteiger partial charge < -0.3 is 17.8 Å². The molecular weight excluding hydrogens is 217 g/mol. The minimum Gasteiger partial charge on any atom is -0.448 e. The normalized spacial score (nSPS) is 25.3. The van der Waals surface area contributed by atoms with Gasteiger partial charge in [0.1, 0.15) is 0 Å². The molecule has 1 saturated heterocycles. The van der Waals surface area contributed by atoms with Gasteiger partial charge in [-0.3, -0.25) is 0 Å². The maximum Gasteiger partial charge on any atom is 1.00 e. The first-order valence-electron chi connectivity index (χ1n) is 4.94. The Bertz CT molecular complexity index is 165. The second-order valence-electron chi connectivity index (χ2n) is 3.90. The molecule has 78 valence electrons. The maximum absolute atomic E-state index is 12.2. The number of nitrogens with zero attached hydrogens (tertiary/aromatic N) is 1. The van der Waals surface area contributed by atoms with Gasteiger partial charge in [0.15, 0.2) is 0 Å². The van der Waals surface area contributed by atoms with Gasteiger partial charge in [0.05, 0.1) is 0 Å². The summed E-state index contributed by atoms with van der Waals surface area (Å²) in [6, 6.07) is 0.103. The molecule has 1 aliphatic rings. The number of rotatable bonds is 2. The van der Waals surface area contributed by atoms with E-state index in [1.165, 1.54) is 0 Å². The van der Waals surface area contributed by atoms with Gasteiger partial charge in [-0.1, -0.05) is 12.8 Å². The fraction of sp³-hybridized carbons (Fsp3) is 1.00. The van der Waals surface area contributed by atoms with Crippen LogP contribution in [-0.2, 0) is 0 Å². The Morgan fingerprint density at radius 1 is 1.21 bits per heavy atom. The number of halogens is 3. The van der Waals surface area contributed by atoms with Crippen LogP contribution in [0.2, 0.25) is 0 Å². The van der Waals surface area contributed by atoms with E-state index in [1.54, 1.807) is 4.90 Å². The molecule has 6 heteroatoms. The Labute approximate surface area is 126 Å². The molecule has 0 amide bonds. The summed E-state index contributed by atoms with van der Waals surface area (Å²) in [5, 5.41) is 0. The molecule has 0 saturated carbocycles. The Balaban J connectivity index is 0.00000169. The minimum atomic E-state index is -4.65. The third-order valence-electron chi connectivity index (χ3n) is 2.63. The predicted octanol–water partition coefficient (Wildman–Crippen LogP) is -0.358. The summed E-state index contributed by atoms with van der Waals surface area (Å²) in [5.41, 5.74) is 0. The summed E-state index contributed by atoms with van der Waals surface area (Å²) in [5.74, 6) is 0. The van der Waals surface area contributed by atoms with Crippen LogP contribution in [-0.4, -0.2) is 30.9 Å². The van der Waals surface area contributed by atoms with E-state index >= 15 is 0 Å². The van der Waals surface area contributed by atoms with Gasteiger partial charge in [0, 0.05) is 6.04 Å². The molecule has 0 aromatic rings. The third kappa shape index (κ3) is 6.13. The van der Waals surface area contributed by atoms with Gasteiger partial charge in [0.2, 0.25) is 0 Å². The molecular formula is C8H16BF3KN. The molecule has 1 aliphatic heterocycles. The van der Waals surface area contributed by atoms with Crippen LogP contribution in [0.4, 0.5) is 12.9 Å². The molecule has 0 aliphatic carbocycles. The second kappa shape index (κ2) is 6.91. The average molecular weight is 233 g/mol. The molecule has 0 spiro atoms. The fourth-order valence-electron chi connectivity index (χ4n) is 1.87. The van der Waals surface area contributed by atoms with Crippen molar-refractivity contribution in [2.75, 3.05) is 13.0 Å². The molecule has 0 bridgehead atoms. The van der Waals surface area contributed by atoms with Crippen LogP contribution in [0.25, 0.3) is 0 Å². The molecule has 14 heavy (non-hydrogen) atoms. The van der Waals surface area contributed by atoms with E-state index in [1.807, 2.05) is 6.92 Å². The van der Waals surface area contributed by atoms with Crippen molar-refractivity contribution < 1.29 is 64.3 Å². The van der Waals surface area contributed by atoms with Gasteiger partial charge in [-0.2, -0.15) is 0 Å². The zero-order valence-corrected chi connectivity index (χ0v) is 12.1. The topological polar surface area (TPSA) is 3.24 Å². The van der Waals surface area contributed by atoms with E-state index in [9.17, 15) is 12.9 Å². The second-order valence-corrected chi connectivity index (χ2v) is 3.90. The van der Waals surface area contributed by atoms with Crippen LogP contribution >= 0.6 is 0 Å². The Kier molecular flexibility index (Phi) is 7.63. The van der Waals surface area contributed by atoms with E-state index in [2.05, 4.69) is 0 Å². The summed E-state index contributed by atoms with van der Waals surface area (Å²) >= 11 is 0. The van der Waals surface area contributed by atoms with Crippen LogP contribution in [0.1, 0.15) is 32.6 Å². The van der Waals surface area contributed by atoms with Crippen LogP contribution in [0.5, 0.6) is 0 Å². The van der Waals surface area contributed by atoms with E-state index in [0.29, 0.717) is 6.54 Å². The van der Waals surface area contributed by atoms with Crippen molar-refractivity contribution in [3.63, 3.8) is 0 Å². The zero-order valence-electron chi connectivity index (χ0n) is 8.98. The molecule has 0 aromatic heterocycles. The minimum absolute atomic E-state index is 0. The van der Waals surface area contributed by atoms with Crippen LogP contribution in [0, 0.1) is 0 Å². The molecule has 0 N–H and O–H groups in total. The van der Waals surface area contributed by atoms with Gasteiger partial charge in [-0.25, -0.2) is 0 Å². The first-order chi connectivity index (χ1) is 5.99. The van der Waals surface area contributed by atoms with Gasteiger partial charge in [0.25, 0.3) is 0 Å². The van der Waals surface area contributed by atoms with Crippen molar-refractivity contribution in [2.24, 2.45) is 0 Å². The fourth-order valence-corrected chi connectivity index (χ4v) is 1.87. The molecule has 1 fully saturated rings. The van der Waals surface area contributed by atoms with Gasteiger partial charge >= 0.3 is 58.4 Å². The maximum atomic E-state index is 12.2. The van der Waals surface area contributed by atoms with E-state index in [-0.39, 0.29) is 57.4 Å². The third-order valence-corrected chi connectivity index (χ3v) is 2.63. The van der Waals surface area contributed by atoms with E-state index < -0.39 is 13.4 Å². The van der Waals surface area contributed by atoms with Crippen molar-refractivity contribution in [1.29, 1.82) is 0 Å². The molecule has 1 heterocycles. The molecule has 0 radical (unpaired) electrons. The molecule has 1 unspecified atom stereocenters. The van der Waals surface area contributed by atoms with E-state index in [0.717, 1.165) is 25.7 Å². The van der Waals surface area contributed by atoms with Gasteiger partial charge in [-0.15, -0.1) is 0 Å². The van der Waals surface area contributed by atoms with Crippen molar-refractivity contribution >= 4 is 6.98 Å². The Hall–Kier alpha value is 1.45. The molecule has 1 rings (SSSR count). The monoisotopic (exact) mass is 233 g/mol. The summed E-state index contributed by atoms with van der Waals surface area (Å²) in [4.78, 5) is 1.58. The Morgan fingerprint density at radius 3 is 2.43 bits per heavy atom. The molecule has 1 nitrogen and oxygen atoms in total. The number of likely N-dealkylation sites (tertiary alicyclic amines) is 1. The average Bonchev–Trinajstić information content (AvgIpc) is 2.14. The first kappa shape index (κ1) is 15.5. The van der Waals surface area contributed by atoms with Gasteiger partial charge in [-0.05, 0) is 32.8 Å². The smallest absolute Gasteiger partial charge is 0.448 e. The number of hydrogen-bond donors (Lipinski definition) is 0. The van der Waals surface area contributed by atoms with E-state index in [4.69, 9.17) is 0 Å². The van der Waals surface area contributed by atoms with Crippen LogP contribution in [0.3, 0.4) is 0 Å². The predicted molar refractivity (Wildman–Crippen MR) is 48.6 cm³/mol. The van der Waals surface area contributed by atoms with Crippen LogP contribution in [0.15, 0.2) is 0 Å². The largest absolute Gasteiger partial charge is 1.00 e. The van der Waals surface area contributed by atoms with Crippen molar-refractivity contribution in [3.05, 3.63) is 0 Å². The summed E-state index contributed by atoms with van der Waals surface area (Å²) in [6.45, 7) is -2.14. The summed E-state index contributed by atoms with van der Waals surface area (Å²) in [7, 11) is 0. The van der Waals surface area contributed by atoms with Crippen LogP contribution < -0.4 is 51.4 Å². The standard InChI is InChI=1S/C8H16BF3N.K/c1-8-5-3-2-4-6-13(8)7-9(10,11)12;/h8H,2-7H2,1H3;/q-1;+1. The van der Waals surface area contributed by atoms with Crippen molar-refractivity contribution in [2.45, 2.75) is 38.6 Å². The zero-order chi connectivity index (χ0) is 9.90.